The molecule has 0 saturated carbocycles. The van der Waals surface area contributed by atoms with Crippen LogP contribution >= 0.6 is 0 Å². The first-order valence-corrected chi connectivity index (χ1v) is 9.12. The van der Waals surface area contributed by atoms with E-state index in [0.717, 1.165) is 5.56 Å². The van der Waals surface area contributed by atoms with Crippen molar-refractivity contribution in [3.05, 3.63) is 53.6 Å². The summed E-state index contributed by atoms with van der Waals surface area (Å²) in [7, 11) is 3.13. The van der Waals surface area contributed by atoms with Crippen LogP contribution in [-0.4, -0.2) is 50.7 Å². The molecule has 1 aliphatic heterocycles. The molecular weight excluding hydrogens is 358 g/mol. The molecule has 3 amide bonds. The average Bonchev–Trinajstić information content (AvgIpc) is 3.07. The molecule has 1 heterocycles. The zero-order valence-electron chi connectivity index (χ0n) is 16.4. The Balaban J connectivity index is 1.61. The van der Waals surface area contributed by atoms with Crippen LogP contribution in [-0.2, 0) is 11.3 Å². The first-order chi connectivity index (χ1) is 13.5. The highest BCUT2D eigenvalue weighted by Gasteiger charge is 2.32. The van der Waals surface area contributed by atoms with E-state index in [1.54, 1.807) is 37.3 Å². The van der Waals surface area contributed by atoms with Crippen LogP contribution < -0.4 is 19.7 Å². The number of carbonyl (C=O) groups excluding carboxylic acids is 2. The maximum atomic E-state index is 12.8. The van der Waals surface area contributed by atoms with E-state index >= 15 is 0 Å². The quantitative estimate of drug-likeness (QED) is 0.798. The molecule has 0 atom stereocenters. The van der Waals surface area contributed by atoms with Crippen LogP contribution in [0.1, 0.15) is 11.1 Å². The molecule has 148 valence electrons. The number of amides is 3. The van der Waals surface area contributed by atoms with Crippen molar-refractivity contribution >= 4 is 17.6 Å². The molecule has 1 N–H and O–H groups in total. The molecule has 7 nitrogen and oxygen atoms in total. The van der Waals surface area contributed by atoms with Crippen LogP contribution in [0, 0.1) is 6.92 Å². The second-order valence-electron chi connectivity index (χ2n) is 6.66. The Bertz CT molecular complexity index is 851. The number of nitrogens with zero attached hydrogens (tertiary/aromatic N) is 2. The van der Waals surface area contributed by atoms with Gasteiger partial charge in [0.25, 0.3) is 0 Å². The number of hydrogen-bond acceptors (Lipinski definition) is 4. The molecule has 0 radical (unpaired) electrons. The Morgan fingerprint density at radius 1 is 1.07 bits per heavy atom. The molecule has 0 aromatic heterocycles. The minimum Gasteiger partial charge on any atom is -0.497 e. The number of carbonyl (C=O) groups is 2. The highest BCUT2D eigenvalue weighted by atomic mass is 16.5. The van der Waals surface area contributed by atoms with Gasteiger partial charge >= 0.3 is 6.03 Å². The van der Waals surface area contributed by atoms with Gasteiger partial charge < -0.3 is 19.7 Å². The van der Waals surface area contributed by atoms with Gasteiger partial charge in [-0.15, -0.1) is 0 Å². The van der Waals surface area contributed by atoms with Gasteiger partial charge in [-0.25, -0.2) is 4.79 Å². The van der Waals surface area contributed by atoms with E-state index in [1.807, 2.05) is 31.2 Å². The Morgan fingerprint density at radius 3 is 2.50 bits per heavy atom. The summed E-state index contributed by atoms with van der Waals surface area (Å²) in [5.41, 5.74) is 2.83. The highest BCUT2D eigenvalue weighted by molar-refractivity contribution is 5.97. The third-order valence-electron chi connectivity index (χ3n) is 4.72. The van der Waals surface area contributed by atoms with Crippen molar-refractivity contribution in [1.82, 2.24) is 10.2 Å². The lowest BCUT2D eigenvalue weighted by Gasteiger charge is -2.21. The number of rotatable bonds is 7. The van der Waals surface area contributed by atoms with Crippen molar-refractivity contribution in [3.8, 4) is 11.5 Å². The van der Waals surface area contributed by atoms with Crippen LogP contribution in [0.2, 0.25) is 0 Å². The summed E-state index contributed by atoms with van der Waals surface area (Å²) in [6.07, 6.45) is 0. The minimum atomic E-state index is -0.225. The summed E-state index contributed by atoms with van der Waals surface area (Å²) in [5, 5.41) is 2.87. The number of nitrogens with one attached hydrogen (secondary N) is 1. The number of benzene rings is 2. The normalized spacial score (nSPS) is 13.6. The van der Waals surface area contributed by atoms with Crippen LogP contribution in [0.4, 0.5) is 10.5 Å². The second kappa shape index (κ2) is 8.65. The summed E-state index contributed by atoms with van der Waals surface area (Å²) in [6, 6.07) is 13.0. The number of hydrogen-bond donors (Lipinski definition) is 1. The van der Waals surface area contributed by atoms with E-state index in [4.69, 9.17) is 9.47 Å². The fourth-order valence-corrected chi connectivity index (χ4v) is 3.10. The predicted octanol–water partition coefficient (Wildman–Crippen LogP) is 2.57. The minimum absolute atomic E-state index is 0.0213. The molecular formula is C21H25N3O4. The van der Waals surface area contributed by atoms with Crippen LogP contribution in [0.3, 0.4) is 0 Å². The molecule has 1 saturated heterocycles. The topological polar surface area (TPSA) is 71.1 Å². The van der Waals surface area contributed by atoms with E-state index in [2.05, 4.69) is 5.32 Å². The van der Waals surface area contributed by atoms with Crippen LogP contribution in [0.5, 0.6) is 11.5 Å². The summed E-state index contributed by atoms with van der Waals surface area (Å²) < 4.78 is 10.6. The second-order valence-corrected chi connectivity index (χ2v) is 6.66. The number of ether oxygens (including phenoxy) is 2. The van der Waals surface area contributed by atoms with E-state index in [1.165, 1.54) is 10.5 Å². The Labute approximate surface area is 164 Å². The Morgan fingerprint density at radius 2 is 1.82 bits per heavy atom. The Kier molecular flexibility index (Phi) is 6.03. The van der Waals surface area contributed by atoms with Gasteiger partial charge in [0.15, 0.2) is 0 Å². The Hall–Kier alpha value is -3.22. The van der Waals surface area contributed by atoms with Crippen molar-refractivity contribution in [2.24, 2.45) is 0 Å². The van der Waals surface area contributed by atoms with E-state index in [0.29, 0.717) is 36.8 Å². The van der Waals surface area contributed by atoms with Crippen molar-refractivity contribution in [2.75, 3.05) is 38.8 Å². The van der Waals surface area contributed by atoms with Crippen molar-refractivity contribution < 1.29 is 19.1 Å². The predicted molar refractivity (Wildman–Crippen MR) is 107 cm³/mol. The van der Waals surface area contributed by atoms with Gasteiger partial charge in [-0.05, 0) is 24.6 Å². The average molecular weight is 383 g/mol. The summed E-state index contributed by atoms with van der Waals surface area (Å²) in [4.78, 5) is 28.2. The zero-order valence-corrected chi connectivity index (χ0v) is 16.4. The first kappa shape index (κ1) is 19.5. The summed E-state index contributed by atoms with van der Waals surface area (Å²) in [5.74, 6) is 1.03. The van der Waals surface area contributed by atoms with Crippen molar-refractivity contribution in [1.29, 1.82) is 0 Å². The molecule has 2 aromatic rings. The maximum Gasteiger partial charge on any atom is 0.325 e. The third kappa shape index (κ3) is 4.36. The largest absolute Gasteiger partial charge is 0.497 e. The van der Waals surface area contributed by atoms with Gasteiger partial charge in [0.1, 0.15) is 18.0 Å². The van der Waals surface area contributed by atoms with E-state index in [9.17, 15) is 9.59 Å². The van der Waals surface area contributed by atoms with Gasteiger partial charge in [-0.2, -0.15) is 0 Å². The van der Waals surface area contributed by atoms with E-state index < -0.39 is 0 Å². The number of urea groups is 1. The van der Waals surface area contributed by atoms with Gasteiger partial charge in [0, 0.05) is 25.7 Å². The summed E-state index contributed by atoms with van der Waals surface area (Å²) >= 11 is 0. The maximum absolute atomic E-state index is 12.8. The van der Waals surface area contributed by atoms with Gasteiger partial charge in [-0.1, -0.05) is 29.8 Å². The first-order valence-electron chi connectivity index (χ1n) is 9.12. The molecule has 7 heteroatoms. The van der Waals surface area contributed by atoms with Gasteiger partial charge in [0.2, 0.25) is 5.91 Å². The molecule has 1 fully saturated rings. The molecule has 0 aliphatic carbocycles. The lowest BCUT2D eigenvalue weighted by atomic mass is 10.1. The SMILES string of the molecule is COc1ccc(OC)c(N2CCN(CC(=O)NCc3ccc(C)cc3)C2=O)c1. The highest BCUT2D eigenvalue weighted by Crippen LogP contribution is 2.34. The zero-order chi connectivity index (χ0) is 20.1. The molecule has 3 rings (SSSR count). The molecule has 2 aromatic carbocycles. The molecule has 0 spiro atoms. The van der Waals surface area contributed by atoms with E-state index in [-0.39, 0.29) is 18.5 Å². The van der Waals surface area contributed by atoms with Gasteiger partial charge in [0.05, 0.1) is 19.9 Å². The molecule has 0 bridgehead atoms. The van der Waals surface area contributed by atoms with Crippen molar-refractivity contribution in [3.63, 3.8) is 0 Å². The summed E-state index contributed by atoms with van der Waals surface area (Å²) in [6.45, 7) is 3.43. The van der Waals surface area contributed by atoms with Gasteiger partial charge in [-0.3, -0.25) is 9.69 Å². The third-order valence-corrected chi connectivity index (χ3v) is 4.72. The number of methoxy groups -OCH3 is 2. The lowest BCUT2D eigenvalue weighted by molar-refractivity contribution is -0.121. The number of anilines is 1. The number of aryl methyl sites for hydroxylation is 1. The smallest absolute Gasteiger partial charge is 0.325 e. The fourth-order valence-electron chi connectivity index (χ4n) is 3.10. The van der Waals surface area contributed by atoms with Crippen LogP contribution in [0.15, 0.2) is 42.5 Å². The standard InChI is InChI=1S/C21H25N3O4/c1-15-4-6-16(7-5-15)13-22-20(25)14-23-10-11-24(21(23)26)18-12-17(27-2)8-9-19(18)28-3/h4-9,12H,10-11,13-14H2,1-3H3,(H,22,25). The molecule has 0 unspecified atom stereocenters. The van der Waals surface area contributed by atoms with Crippen molar-refractivity contribution in [2.45, 2.75) is 13.5 Å². The van der Waals surface area contributed by atoms with Crippen LogP contribution in [0.25, 0.3) is 0 Å². The molecule has 1 aliphatic rings. The monoisotopic (exact) mass is 383 g/mol. The fraction of sp³-hybridized carbons (Fsp3) is 0.333. The lowest BCUT2D eigenvalue weighted by Crippen LogP contribution is -2.39. The molecule has 28 heavy (non-hydrogen) atoms.